The van der Waals surface area contributed by atoms with E-state index in [0.717, 1.165) is 18.2 Å². The number of unbranched alkanes of at least 4 members (excludes halogenated alkanes) is 5. The van der Waals surface area contributed by atoms with Crippen LogP contribution in [0.3, 0.4) is 0 Å². The minimum Gasteiger partial charge on any atom is -0.478 e. The van der Waals surface area contributed by atoms with E-state index >= 15 is 0 Å². The average molecular weight is 664 g/mol. The fourth-order valence-electron chi connectivity index (χ4n) is 1.90. The van der Waals surface area contributed by atoms with E-state index in [1.807, 2.05) is 0 Å². The van der Waals surface area contributed by atoms with Gasteiger partial charge in [-0.15, -0.1) is 0 Å². The SMILES string of the molecule is C/C=C\C(=O)O.CCCCCCC[CH2][Sn].CCOC(=O)/C=C\C(=O)O.CCOC(=O)COC(=O)/C=C\C(=O)O. The molecule has 0 aromatic heterocycles. The van der Waals surface area contributed by atoms with E-state index in [-0.39, 0.29) is 13.2 Å². The summed E-state index contributed by atoms with van der Waals surface area (Å²) in [5, 5.41) is 24.0. The Morgan fingerprint density at radius 3 is 1.41 bits per heavy atom. The summed E-state index contributed by atoms with van der Waals surface area (Å²) < 4.78 is 14.7. The van der Waals surface area contributed by atoms with Crippen LogP contribution < -0.4 is 0 Å². The fraction of sp³-hybridized carbons (Fsp3) is 0.538. The number of carbonyl (C=O) groups excluding carboxylic acids is 3. The van der Waals surface area contributed by atoms with Crippen molar-refractivity contribution >= 4 is 58.3 Å². The molecule has 3 radical (unpaired) electrons. The van der Waals surface area contributed by atoms with Crippen LogP contribution in [0, 0.1) is 0 Å². The van der Waals surface area contributed by atoms with Crippen molar-refractivity contribution in [2.75, 3.05) is 19.8 Å². The Hall–Kier alpha value is -3.16. The molecule has 0 spiro atoms. The second-order valence-corrected chi connectivity index (χ2v) is 8.29. The largest absolute Gasteiger partial charge is 0.478 e. The molecule has 3 N–H and O–H groups in total. The summed E-state index contributed by atoms with van der Waals surface area (Å²) in [6, 6.07) is 0. The Labute approximate surface area is 243 Å². The fourth-order valence-corrected chi connectivity index (χ4v) is 2.61. The van der Waals surface area contributed by atoms with Crippen molar-refractivity contribution in [3.63, 3.8) is 0 Å². The van der Waals surface area contributed by atoms with Crippen LogP contribution in [0.4, 0.5) is 0 Å². The van der Waals surface area contributed by atoms with Crippen LogP contribution in [-0.2, 0) is 43.0 Å². The summed E-state index contributed by atoms with van der Waals surface area (Å²) in [4.78, 5) is 61.0. The Bertz CT molecular complexity index is 767. The molecule has 39 heavy (non-hydrogen) atoms. The van der Waals surface area contributed by atoms with Gasteiger partial charge in [0, 0.05) is 30.4 Å². The molecule has 0 aliphatic heterocycles. The number of carbonyl (C=O) groups is 6. The molecule has 0 amide bonds. The summed E-state index contributed by atoms with van der Waals surface area (Å²) in [5.41, 5.74) is 0. The number of rotatable bonds is 15. The summed E-state index contributed by atoms with van der Waals surface area (Å²) in [6.45, 7) is 7.12. The van der Waals surface area contributed by atoms with Crippen LogP contribution in [0.1, 0.15) is 66.2 Å². The first-order valence-electron chi connectivity index (χ1n) is 12.2. The van der Waals surface area contributed by atoms with Crippen LogP contribution in [0.15, 0.2) is 36.5 Å². The van der Waals surface area contributed by atoms with Gasteiger partial charge in [-0.25, -0.2) is 28.8 Å². The summed E-state index contributed by atoms with van der Waals surface area (Å²) in [5.74, 6) is -5.53. The number of carboxylic acid groups (broad SMARTS) is 3. The molecule has 0 aromatic carbocycles. The number of esters is 3. The molecule has 0 heterocycles. The predicted molar refractivity (Wildman–Crippen MR) is 144 cm³/mol. The molecule has 0 aromatic rings. The first-order chi connectivity index (χ1) is 18.4. The first-order valence-corrected chi connectivity index (χ1v) is 14.2. The van der Waals surface area contributed by atoms with E-state index in [1.165, 1.54) is 49.0 Å². The Morgan fingerprint density at radius 1 is 0.615 bits per heavy atom. The van der Waals surface area contributed by atoms with Crippen LogP contribution in [0.2, 0.25) is 4.44 Å². The molecule has 0 rings (SSSR count). The van der Waals surface area contributed by atoms with Gasteiger partial charge in [-0.3, -0.25) is 0 Å². The van der Waals surface area contributed by atoms with Gasteiger partial charge in [-0.2, -0.15) is 0 Å². The number of hydrogen-bond acceptors (Lipinski definition) is 9. The first kappa shape index (κ1) is 42.9. The molecule has 0 saturated heterocycles. The Balaban J connectivity index is -0.000000218. The summed E-state index contributed by atoms with van der Waals surface area (Å²) in [7, 11) is 0. The third-order valence-corrected chi connectivity index (χ3v) is 4.50. The Morgan fingerprint density at radius 2 is 1.05 bits per heavy atom. The second kappa shape index (κ2) is 34.8. The molecular weight excluding hydrogens is 623 g/mol. The van der Waals surface area contributed by atoms with E-state index in [2.05, 4.69) is 21.1 Å². The van der Waals surface area contributed by atoms with Crippen LogP contribution in [-0.4, -0.2) is 93.5 Å². The van der Waals surface area contributed by atoms with Crippen LogP contribution in [0.25, 0.3) is 0 Å². The number of carboxylic acids is 3. The van der Waals surface area contributed by atoms with Crippen LogP contribution in [0.5, 0.6) is 0 Å². The van der Waals surface area contributed by atoms with Gasteiger partial charge in [0.05, 0.1) is 13.2 Å². The number of hydrogen-bond donors (Lipinski definition) is 3. The van der Waals surface area contributed by atoms with Crippen molar-refractivity contribution < 1.29 is 58.3 Å². The van der Waals surface area contributed by atoms with Gasteiger partial charge in [-0.05, 0) is 20.8 Å². The second-order valence-electron chi connectivity index (χ2n) is 6.86. The van der Waals surface area contributed by atoms with Gasteiger partial charge < -0.3 is 29.5 Å². The van der Waals surface area contributed by atoms with Gasteiger partial charge in [0.25, 0.3) is 0 Å². The zero-order valence-corrected chi connectivity index (χ0v) is 25.9. The van der Waals surface area contributed by atoms with Crippen LogP contribution >= 0.6 is 0 Å². The normalized spacial score (nSPS) is 9.77. The van der Waals surface area contributed by atoms with Crippen molar-refractivity contribution in [3.8, 4) is 0 Å². The van der Waals surface area contributed by atoms with Gasteiger partial charge in [0.1, 0.15) is 0 Å². The van der Waals surface area contributed by atoms with Gasteiger partial charge in [-0.1, -0.05) is 6.08 Å². The molecule has 13 heteroatoms. The molecule has 0 unspecified atom stereocenters. The van der Waals surface area contributed by atoms with Gasteiger partial charge in [0.2, 0.25) is 0 Å². The maximum absolute atomic E-state index is 10.7. The van der Waals surface area contributed by atoms with Crippen molar-refractivity contribution in [1.29, 1.82) is 0 Å². The predicted octanol–water partition coefficient (Wildman–Crippen LogP) is 3.50. The standard InChI is InChI=1S/C8H10O6.C8H17.C6H8O4.C4H6O2.Sn/c1-2-13-8(12)5-14-7(11)4-3-6(9)10;1-3-5-7-8-6-4-2;1-2-10-6(9)4-3-5(7)8;1-2-3-4(5)6;/h3-4H,2,5H2,1H3,(H,9,10);1,3-8H2,2H3;3-4H,2H2,1H3,(H,7,8);2-3H,1H3,(H,5,6);/b4-3-;;4-3-;3-2-;. The molecule has 0 saturated carbocycles. The molecule has 0 aliphatic rings. The molecule has 221 valence electrons. The van der Waals surface area contributed by atoms with E-state index in [4.69, 9.17) is 15.3 Å². The zero-order valence-electron chi connectivity index (χ0n) is 23.1. The molecule has 0 fully saturated rings. The topological polar surface area (TPSA) is 191 Å². The van der Waals surface area contributed by atoms with E-state index < -0.39 is 42.4 Å². The third kappa shape index (κ3) is 52.2. The van der Waals surface area contributed by atoms with Crippen molar-refractivity contribution in [2.45, 2.75) is 70.7 Å². The third-order valence-electron chi connectivity index (χ3n) is 3.49. The van der Waals surface area contributed by atoms with E-state index in [9.17, 15) is 28.8 Å². The van der Waals surface area contributed by atoms with Gasteiger partial charge >= 0.3 is 108 Å². The van der Waals surface area contributed by atoms with E-state index in [1.54, 1.807) is 43.3 Å². The smallest absolute Gasteiger partial charge is 0.344 e. The summed E-state index contributed by atoms with van der Waals surface area (Å²) in [6.07, 6.45) is 14.2. The molecular formula is C26H41O12Sn. The molecule has 0 bridgehead atoms. The summed E-state index contributed by atoms with van der Waals surface area (Å²) >= 11 is 1.71. The minimum absolute atomic E-state index is 0.196. The molecule has 0 atom stereocenters. The monoisotopic (exact) mass is 665 g/mol. The quantitative estimate of drug-likeness (QED) is 0.0761. The van der Waals surface area contributed by atoms with Crippen molar-refractivity contribution in [2.24, 2.45) is 0 Å². The molecule has 12 nitrogen and oxygen atoms in total. The minimum atomic E-state index is -1.27. The average Bonchev–Trinajstić information content (AvgIpc) is 2.86. The maximum atomic E-state index is 10.7. The Kier molecular flexibility index (Phi) is 38.3. The number of allylic oxidation sites excluding steroid dienone is 1. The van der Waals surface area contributed by atoms with Crippen molar-refractivity contribution in [3.05, 3.63) is 36.5 Å². The van der Waals surface area contributed by atoms with Gasteiger partial charge in [0.15, 0.2) is 6.61 Å². The van der Waals surface area contributed by atoms with Crippen molar-refractivity contribution in [1.82, 2.24) is 0 Å². The zero-order chi connectivity index (χ0) is 30.9. The van der Waals surface area contributed by atoms with E-state index in [0.29, 0.717) is 12.2 Å². The maximum Gasteiger partial charge on any atom is 0.344 e. The number of aliphatic carboxylic acids is 3. The molecule has 0 aliphatic carbocycles. The number of ether oxygens (including phenoxy) is 3.